The quantitative estimate of drug-likeness (QED) is 0.735. The molecule has 1 aromatic rings. The fraction of sp³-hybridized carbons (Fsp3) is 0.357. The molecule has 4 heteroatoms. The van der Waals surface area contributed by atoms with Crippen molar-refractivity contribution < 1.29 is 4.79 Å². The second-order valence-corrected chi connectivity index (χ2v) is 3.91. The van der Waals surface area contributed by atoms with Gasteiger partial charge in [-0.1, -0.05) is 36.4 Å². The first-order chi connectivity index (χ1) is 8.68. The first-order valence-electron chi connectivity index (χ1n) is 5.76. The van der Waals surface area contributed by atoms with Gasteiger partial charge < -0.3 is 16.0 Å². The SMILES string of the molecule is C#C.CN1CC[C@H](NC(N)=O)C1.c1ccccc1. The summed E-state index contributed by atoms with van der Waals surface area (Å²) in [5, 5.41) is 2.67. The van der Waals surface area contributed by atoms with Crippen molar-refractivity contribution in [2.45, 2.75) is 12.5 Å². The van der Waals surface area contributed by atoms with Crippen LogP contribution in [0.4, 0.5) is 4.79 Å². The van der Waals surface area contributed by atoms with Gasteiger partial charge in [0.1, 0.15) is 0 Å². The van der Waals surface area contributed by atoms with E-state index < -0.39 is 6.03 Å². The number of carbonyl (C=O) groups is 1. The normalized spacial score (nSPS) is 17.6. The summed E-state index contributed by atoms with van der Waals surface area (Å²) < 4.78 is 0. The molecule has 0 radical (unpaired) electrons. The highest BCUT2D eigenvalue weighted by Crippen LogP contribution is 2.04. The summed E-state index contributed by atoms with van der Waals surface area (Å²) in [6.45, 7) is 1.97. The molecule has 1 aliphatic rings. The maximum atomic E-state index is 10.4. The molecule has 1 fully saturated rings. The second kappa shape index (κ2) is 10.2. The van der Waals surface area contributed by atoms with Gasteiger partial charge in [0.15, 0.2) is 0 Å². The summed E-state index contributed by atoms with van der Waals surface area (Å²) in [5.74, 6) is 0. The lowest BCUT2D eigenvalue weighted by Crippen LogP contribution is -2.39. The number of likely N-dealkylation sites (tertiary alicyclic amines) is 1. The Bertz CT molecular complexity index is 311. The molecule has 0 saturated carbocycles. The van der Waals surface area contributed by atoms with E-state index in [0.29, 0.717) is 0 Å². The van der Waals surface area contributed by atoms with Crippen LogP contribution in [-0.4, -0.2) is 37.1 Å². The highest BCUT2D eigenvalue weighted by Gasteiger charge is 2.19. The first-order valence-corrected chi connectivity index (χ1v) is 5.76. The van der Waals surface area contributed by atoms with E-state index in [2.05, 4.69) is 23.1 Å². The van der Waals surface area contributed by atoms with E-state index in [9.17, 15) is 4.79 Å². The van der Waals surface area contributed by atoms with Gasteiger partial charge in [-0.3, -0.25) is 0 Å². The minimum absolute atomic E-state index is 0.266. The van der Waals surface area contributed by atoms with Crippen LogP contribution in [0.25, 0.3) is 0 Å². The first kappa shape index (κ1) is 16.0. The predicted octanol–water partition coefficient (Wildman–Crippen LogP) is 1.29. The molecule has 1 atom stereocenters. The van der Waals surface area contributed by atoms with E-state index >= 15 is 0 Å². The van der Waals surface area contributed by atoms with Gasteiger partial charge in [0, 0.05) is 12.6 Å². The Hall–Kier alpha value is -1.99. The van der Waals surface area contributed by atoms with Crippen LogP contribution in [0.5, 0.6) is 0 Å². The van der Waals surface area contributed by atoms with Crippen LogP contribution in [0.1, 0.15) is 6.42 Å². The third-order valence-electron chi connectivity index (χ3n) is 2.40. The monoisotopic (exact) mass is 247 g/mol. The molecule has 98 valence electrons. The largest absolute Gasteiger partial charge is 0.352 e. The van der Waals surface area contributed by atoms with Crippen molar-refractivity contribution in [3.63, 3.8) is 0 Å². The molecule has 18 heavy (non-hydrogen) atoms. The standard InChI is InChI=1S/C6H13N3O.C6H6.C2H2/c1-9-3-2-5(4-9)8-6(7)10;1-2-4-6-5-3-1;1-2/h5H,2-4H2,1H3,(H3,7,8,10);1-6H;1-2H/t5-;;/m0../s1. The van der Waals surface area contributed by atoms with Crippen molar-refractivity contribution in [3.05, 3.63) is 36.4 Å². The minimum Gasteiger partial charge on any atom is -0.352 e. The molecule has 0 bridgehead atoms. The molecule has 0 unspecified atom stereocenters. The molecule has 0 spiro atoms. The van der Waals surface area contributed by atoms with Gasteiger partial charge in [-0.2, -0.15) is 0 Å². The third-order valence-corrected chi connectivity index (χ3v) is 2.40. The van der Waals surface area contributed by atoms with Gasteiger partial charge in [-0.15, -0.1) is 12.8 Å². The van der Waals surface area contributed by atoms with Gasteiger partial charge in [0.05, 0.1) is 0 Å². The maximum Gasteiger partial charge on any atom is 0.312 e. The van der Waals surface area contributed by atoms with Crippen molar-refractivity contribution >= 4 is 6.03 Å². The number of hydrogen-bond donors (Lipinski definition) is 2. The molecule has 1 heterocycles. The Morgan fingerprint density at radius 1 is 1.22 bits per heavy atom. The predicted molar refractivity (Wildman–Crippen MR) is 75.0 cm³/mol. The third kappa shape index (κ3) is 8.20. The van der Waals surface area contributed by atoms with Crippen LogP contribution < -0.4 is 11.1 Å². The number of amides is 2. The highest BCUT2D eigenvalue weighted by molar-refractivity contribution is 5.72. The molecule has 0 aromatic heterocycles. The number of nitrogens with one attached hydrogen (secondary N) is 1. The fourth-order valence-electron chi connectivity index (χ4n) is 1.64. The lowest BCUT2D eigenvalue weighted by molar-refractivity contribution is 0.245. The van der Waals surface area contributed by atoms with Crippen molar-refractivity contribution in [2.24, 2.45) is 5.73 Å². The van der Waals surface area contributed by atoms with Crippen molar-refractivity contribution in [3.8, 4) is 12.8 Å². The zero-order valence-corrected chi connectivity index (χ0v) is 10.8. The van der Waals surface area contributed by atoms with Crippen LogP contribution in [0.2, 0.25) is 0 Å². The fourth-order valence-corrected chi connectivity index (χ4v) is 1.64. The van der Waals surface area contributed by atoms with Crippen molar-refractivity contribution in [2.75, 3.05) is 20.1 Å². The Kier molecular flexibility index (Phi) is 9.06. The van der Waals surface area contributed by atoms with Crippen molar-refractivity contribution in [1.29, 1.82) is 0 Å². The number of benzene rings is 1. The van der Waals surface area contributed by atoms with Gasteiger partial charge in [-0.25, -0.2) is 4.79 Å². The number of hydrogen-bond acceptors (Lipinski definition) is 2. The van der Waals surface area contributed by atoms with E-state index in [0.717, 1.165) is 19.5 Å². The molecular weight excluding hydrogens is 226 g/mol. The molecule has 1 aliphatic heterocycles. The molecule has 1 saturated heterocycles. The second-order valence-electron chi connectivity index (χ2n) is 3.91. The van der Waals surface area contributed by atoms with Gasteiger partial charge in [0.2, 0.25) is 0 Å². The number of urea groups is 1. The molecule has 2 rings (SSSR count). The van der Waals surface area contributed by atoms with E-state index in [1.165, 1.54) is 0 Å². The van der Waals surface area contributed by atoms with Crippen LogP contribution in [0.15, 0.2) is 36.4 Å². The van der Waals surface area contributed by atoms with Crippen LogP contribution in [0, 0.1) is 12.8 Å². The van der Waals surface area contributed by atoms with E-state index in [4.69, 9.17) is 5.73 Å². The van der Waals surface area contributed by atoms with Gasteiger partial charge in [0.25, 0.3) is 0 Å². The smallest absolute Gasteiger partial charge is 0.312 e. The number of likely N-dealkylation sites (N-methyl/N-ethyl adjacent to an activating group) is 1. The molecule has 4 nitrogen and oxygen atoms in total. The van der Waals surface area contributed by atoms with Gasteiger partial charge in [-0.05, 0) is 20.0 Å². The molecule has 2 amide bonds. The summed E-state index contributed by atoms with van der Waals surface area (Å²) in [6.07, 6.45) is 9.01. The average Bonchev–Trinajstić information content (AvgIpc) is 2.79. The highest BCUT2D eigenvalue weighted by atomic mass is 16.2. The average molecular weight is 247 g/mol. The Labute approximate surface area is 109 Å². The zero-order valence-electron chi connectivity index (χ0n) is 10.8. The Morgan fingerprint density at radius 2 is 1.67 bits per heavy atom. The number of carbonyl (C=O) groups excluding carboxylic acids is 1. The van der Waals surface area contributed by atoms with Crippen LogP contribution in [-0.2, 0) is 0 Å². The summed E-state index contributed by atoms with van der Waals surface area (Å²) >= 11 is 0. The van der Waals surface area contributed by atoms with E-state index in [1.54, 1.807) is 0 Å². The van der Waals surface area contributed by atoms with E-state index in [1.807, 2.05) is 43.4 Å². The maximum absolute atomic E-state index is 10.4. The summed E-state index contributed by atoms with van der Waals surface area (Å²) in [4.78, 5) is 12.5. The Morgan fingerprint density at radius 3 is 1.94 bits per heavy atom. The molecule has 3 N–H and O–H groups in total. The van der Waals surface area contributed by atoms with Gasteiger partial charge >= 0.3 is 6.03 Å². The summed E-state index contributed by atoms with van der Waals surface area (Å²) in [6, 6.07) is 11.8. The lowest BCUT2D eigenvalue weighted by Gasteiger charge is -2.09. The summed E-state index contributed by atoms with van der Waals surface area (Å²) in [5.41, 5.74) is 4.95. The minimum atomic E-state index is -0.416. The number of rotatable bonds is 1. The van der Waals surface area contributed by atoms with Crippen LogP contribution in [0.3, 0.4) is 0 Å². The topological polar surface area (TPSA) is 58.4 Å². The number of nitrogens with two attached hydrogens (primary N) is 1. The number of nitrogens with zero attached hydrogens (tertiary/aromatic N) is 1. The summed E-state index contributed by atoms with van der Waals surface area (Å²) in [7, 11) is 2.03. The molecular formula is C14H21N3O. The lowest BCUT2D eigenvalue weighted by atomic mass is 10.3. The number of terminal acetylenes is 1. The van der Waals surface area contributed by atoms with Crippen LogP contribution >= 0.6 is 0 Å². The molecule has 1 aromatic carbocycles. The Balaban J connectivity index is 0.000000308. The number of primary amides is 1. The zero-order chi connectivity index (χ0) is 13.8. The molecule has 0 aliphatic carbocycles. The van der Waals surface area contributed by atoms with E-state index in [-0.39, 0.29) is 6.04 Å². The van der Waals surface area contributed by atoms with Crippen molar-refractivity contribution in [1.82, 2.24) is 10.2 Å².